The van der Waals surface area contributed by atoms with E-state index in [-0.39, 0.29) is 11.7 Å². The van der Waals surface area contributed by atoms with Gasteiger partial charge in [0, 0.05) is 0 Å². The number of benzene rings is 2. The summed E-state index contributed by atoms with van der Waals surface area (Å²) in [6.07, 6.45) is 3.03. The van der Waals surface area contributed by atoms with Gasteiger partial charge in [-0.1, -0.05) is 36.4 Å². The number of rotatable bonds is 8. The van der Waals surface area contributed by atoms with Crippen molar-refractivity contribution in [3.05, 3.63) is 65.2 Å². The lowest BCUT2D eigenvalue weighted by molar-refractivity contribution is -0.148. The second kappa shape index (κ2) is 7.95. The third-order valence-electron chi connectivity index (χ3n) is 4.50. The minimum atomic E-state index is -1.60. The lowest BCUT2D eigenvalue weighted by Crippen LogP contribution is -2.26. The summed E-state index contributed by atoms with van der Waals surface area (Å²) < 4.78 is 5.87. The summed E-state index contributed by atoms with van der Waals surface area (Å²) in [4.78, 5) is 34.7. The Hall–Kier alpha value is -2.95. The van der Waals surface area contributed by atoms with Gasteiger partial charge >= 0.3 is 5.97 Å². The number of carboxylic acid groups (broad SMARTS) is 1. The van der Waals surface area contributed by atoms with Crippen molar-refractivity contribution < 1.29 is 24.2 Å². The molecular weight excluding hydrogens is 332 g/mol. The third kappa shape index (κ3) is 4.36. The Kier molecular flexibility index (Phi) is 5.46. The smallest absolute Gasteiger partial charge is 0.372 e. The molecule has 5 heteroatoms. The second-order valence-corrected chi connectivity index (χ2v) is 6.49. The van der Waals surface area contributed by atoms with Gasteiger partial charge in [0.05, 0.1) is 18.1 Å². The molecule has 0 atom stereocenters. The quantitative estimate of drug-likeness (QED) is 0.447. The maximum Gasteiger partial charge on any atom is 0.372 e. The zero-order valence-electron chi connectivity index (χ0n) is 14.3. The molecule has 1 saturated carbocycles. The first-order chi connectivity index (χ1) is 12.5. The van der Waals surface area contributed by atoms with Crippen molar-refractivity contribution in [1.82, 2.24) is 0 Å². The van der Waals surface area contributed by atoms with E-state index < -0.39 is 24.0 Å². The molecule has 2 aromatic carbocycles. The number of Topliss-reactive ketones (excluding diaryl/α,β-unsaturated/α-hetero) is 2. The van der Waals surface area contributed by atoms with Gasteiger partial charge in [0.1, 0.15) is 5.75 Å². The van der Waals surface area contributed by atoms with E-state index in [4.69, 9.17) is 9.84 Å². The first-order valence-electron chi connectivity index (χ1n) is 8.66. The van der Waals surface area contributed by atoms with Crippen molar-refractivity contribution in [2.45, 2.75) is 38.2 Å². The Labute approximate surface area is 151 Å². The molecule has 0 bridgehead atoms. The molecule has 3 rings (SSSR count). The number of carbonyl (C=O) groups is 3. The maximum absolute atomic E-state index is 12.5. The van der Waals surface area contributed by atoms with Crippen molar-refractivity contribution in [3.63, 3.8) is 0 Å². The summed E-state index contributed by atoms with van der Waals surface area (Å²) in [5.41, 5.74) is 2.28. The van der Waals surface area contributed by atoms with Crippen molar-refractivity contribution >= 4 is 17.5 Å². The molecule has 26 heavy (non-hydrogen) atoms. The van der Waals surface area contributed by atoms with Gasteiger partial charge in [-0.2, -0.15) is 0 Å². The van der Waals surface area contributed by atoms with Crippen molar-refractivity contribution in [3.8, 4) is 5.75 Å². The zero-order chi connectivity index (χ0) is 18.5. The molecule has 134 valence electrons. The normalized spacial score (nSPS) is 13.7. The van der Waals surface area contributed by atoms with E-state index in [0.29, 0.717) is 12.2 Å². The van der Waals surface area contributed by atoms with Gasteiger partial charge in [0.15, 0.2) is 5.78 Å². The molecule has 0 saturated heterocycles. The van der Waals surface area contributed by atoms with E-state index in [1.807, 2.05) is 36.4 Å². The number of aliphatic carboxylic acids is 1. The Bertz CT molecular complexity index is 822. The number of carboxylic acids is 1. The predicted molar refractivity (Wildman–Crippen MR) is 95.5 cm³/mol. The summed E-state index contributed by atoms with van der Waals surface area (Å²) >= 11 is 0. The highest BCUT2D eigenvalue weighted by atomic mass is 16.5. The molecular formula is C21H20O5. The van der Waals surface area contributed by atoms with Crippen LogP contribution < -0.4 is 4.74 Å². The average molecular weight is 352 g/mol. The topological polar surface area (TPSA) is 80.7 Å². The van der Waals surface area contributed by atoms with Crippen LogP contribution in [0.25, 0.3) is 0 Å². The Morgan fingerprint density at radius 1 is 1.00 bits per heavy atom. The highest BCUT2D eigenvalue weighted by molar-refractivity contribution is 6.37. The molecule has 0 heterocycles. The van der Waals surface area contributed by atoms with Crippen LogP contribution in [0.3, 0.4) is 0 Å². The number of ether oxygens (including phenoxy) is 1. The Morgan fingerprint density at radius 3 is 2.35 bits per heavy atom. The fourth-order valence-electron chi connectivity index (χ4n) is 2.82. The van der Waals surface area contributed by atoms with Crippen LogP contribution in [0.5, 0.6) is 5.75 Å². The van der Waals surface area contributed by atoms with Gasteiger partial charge in [-0.25, -0.2) is 4.79 Å². The highest BCUT2D eigenvalue weighted by Gasteiger charge is 2.24. The van der Waals surface area contributed by atoms with E-state index in [2.05, 4.69) is 0 Å². The first-order valence-corrected chi connectivity index (χ1v) is 8.66. The van der Waals surface area contributed by atoms with Crippen molar-refractivity contribution in [2.75, 3.05) is 0 Å². The Balaban J connectivity index is 1.85. The SMILES string of the molecule is O=C(O)C(=O)CC(=O)c1cc(Cc2ccccc2)ccc1OC1CCC1. The van der Waals surface area contributed by atoms with Crippen molar-refractivity contribution in [2.24, 2.45) is 0 Å². The van der Waals surface area contributed by atoms with E-state index in [1.54, 1.807) is 12.1 Å². The van der Waals surface area contributed by atoms with Crippen LogP contribution >= 0.6 is 0 Å². The summed E-state index contributed by atoms with van der Waals surface area (Å²) in [5.74, 6) is -2.81. The molecule has 0 radical (unpaired) electrons. The number of ketones is 2. The number of hydrogen-bond acceptors (Lipinski definition) is 4. The number of carbonyl (C=O) groups excluding carboxylic acids is 2. The highest BCUT2D eigenvalue weighted by Crippen LogP contribution is 2.29. The lowest BCUT2D eigenvalue weighted by atomic mass is 9.95. The molecule has 1 fully saturated rings. The number of hydrogen-bond donors (Lipinski definition) is 1. The molecule has 5 nitrogen and oxygen atoms in total. The van der Waals surface area contributed by atoms with Gasteiger partial charge in [0.25, 0.3) is 0 Å². The van der Waals surface area contributed by atoms with Gasteiger partial charge in [-0.3, -0.25) is 9.59 Å². The molecule has 0 aliphatic heterocycles. The zero-order valence-corrected chi connectivity index (χ0v) is 14.3. The summed E-state index contributed by atoms with van der Waals surface area (Å²) in [6.45, 7) is 0. The van der Waals surface area contributed by atoms with Crippen LogP contribution in [-0.4, -0.2) is 28.7 Å². The van der Waals surface area contributed by atoms with Crippen molar-refractivity contribution in [1.29, 1.82) is 0 Å². The molecule has 2 aromatic rings. The second-order valence-electron chi connectivity index (χ2n) is 6.49. The van der Waals surface area contributed by atoms with Gasteiger partial charge in [0.2, 0.25) is 5.78 Å². The third-order valence-corrected chi connectivity index (χ3v) is 4.50. The molecule has 0 spiro atoms. The average Bonchev–Trinajstić information content (AvgIpc) is 2.59. The summed E-state index contributed by atoms with van der Waals surface area (Å²) in [6, 6.07) is 15.2. The monoisotopic (exact) mass is 352 g/mol. The lowest BCUT2D eigenvalue weighted by Gasteiger charge is -2.27. The molecule has 1 aliphatic rings. The molecule has 0 unspecified atom stereocenters. The minimum Gasteiger partial charge on any atom is -0.490 e. The minimum absolute atomic E-state index is 0.0803. The predicted octanol–water partition coefficient (Wildman–Crippen LogP) is 3.44. The van der Waals surface area contributed by atoms with E-state index in [0.717, 1.165) is 30.4 Å². The Morgan fingerprint density at radius 2 is 1.73 bits per heavy atom. The maximum atomic E-state index is 12.5. The van der Waals surface area contributed by atoms with Crippen LogP contribution in [0.1, 0.15) is 47.2 Å². The summed E-state index contributed by atoms with van der Waals surface area (Å²) in [5, 5.41) is 8.76. The molecule has 1 aliphatic carbocycles. The van der Waals surface area contributed by atoms with E-state index in [1.165, 1.54) is 0 Å². The van der Waals surface area contributed by atoms with E-state index in [9.17, 15) is 14.4 Å². The molecule has 1 N–H and O–H groups in total. The van der Waals surface area contributed by atoms with Gasteiger partial charge in [-0.15, -0.1) is 0 Å². The van der Waals surface area contributed by atoms with Gasteiger partial charge in [-0.05, 0) is 48.9 Å². The van der Waals surface area contributed by atoms with E-state index >= 15 is 0 Å². The summed E-state index contributed by atoms with van der Waals surface area (Å²) in [7, 11) is 0. The van der Waals surface area contributed by atoms with Crippen LogP contribution in [0.2, 0.25) is 0 Å². The van der Waals surface area contributed by atoms with Gasteiger partial charge < -0.3 is 9.84 Å². The molecule has 0 amide bonds. The largest absolute Gasteiger partial charge is 0.490 e. The fraction of sp³-hybridized carbons (Fsp3) is 0.286. The molecule has 0 aromatic heterocycles. The fourth-order valence-corrected chi connectivity index (χ4v) is 2.82. The van der Waals surface area contributed by atoms with Crippen LogP contribution in [0.15, 0.2) is 48.5 Å². The van der Waals surface area contributed by atoms with Crippen LogP contribution in [0, 0.1) is 0 Å². The standard InChI is InChI=1S/C21H20O5/c22-18(13-19(23)21(24)25)17-12-15(11-14-5-2-1-3-6-14)9-10-20(17)26-16-7-4-8-16/h1-3,5-6,9-10,12,16H,4,7-8,11,13H2,(H,24,25). The van der Waals surface area contributed by atoms with Crippen LogP contribution in [0.4, 0.5) is 0 Å². The van der Waals surface area contributed by atoms with Crippen LogP contribution in [-0.2, 0) is 16.0 Å². The first kappa shape index (κ1) is 17.9.